The van der Waals surface area contributed by atoms with E-state index in [-0.39, 0.29) is 0 Å². The third kappa shape index (κ3) is 4.08. The molecule has 0 atom stereocenters. The summed E-state index contributed by atoms with van der Waals surface area (Å²) in [6, 6.07) is 5.55. The molecule has 2 aromatic rings. The smallest absolute Gasteiger partial charge is 0.171 e. The second-order valence-corrected chi connectivity index (χ2v) is 4.84. The van der Waals surface area contributed by atoms with E-state index in [9.17, 15) is 0 Å². The van der Waals surface area contributed by atoms with Gasteiger partial charge in [-0.05, 0) is 51.6 Å². The first-order chi connectivity index (χ1) is 5.79. The van der Waals surface area contributed by atoms with Crippen LogP contribution in [0.15, 0.2) is 34.3 Å². The molecule has 1 N–H and O–H groups in total. The molecule has 2 rings (SSSR count). The summed E-state index contributed by atoms with van der Waals surface area (Å²) >= 11 is 5.35. The van der Waals surface area contributed by atoms with Crippen molar-refractivity contribution in [3.05, 3.63) is 37.9 Å². The Labute approximate surface area is 92.8 Å². The lowest BCUT2D eigenvalue weighted by Crippen LogP contribution is -1.43. The molecule has 0 saturated carbocycles. The van der Waals surface area contributed by atoms with E-state index in [0.717, 1.165) is 0 Å². The monoisotopic (exact) mass is 310 g/mol. The molecule has 12 heavy (non-hydrogen) atoms. The molecule has 0 unspecified atom stereocenters. The Hall–Kier alpha value is -0.0700. The van der Waals surface area contributed by atoms with E-state index in [1.54, 1.807) is 23.5 Å². The predicted molar refractivity (Wildman–Crippen MR) is 63.0 cm³/mol. The van der Waals surface area contributed by atoms with Gasteiger partial charge in [0.1, 0.15) is 0 Å². The lowest BCUT2D eigenvalue weighted by atomic mass is 10.7. The summed E-state index contributed by atoms with van der Waals surface area (Å²) in [6.07, 6.45) is 0. The molecular weight excluding hydrogens is 303 g/mol. The number of halogens is 1. The highest BCUT2D eigenvalue weighted by molar-refractivity contribution is 14.1. The second-order valence-electron chi connectivity index (χ2n) is 1.89. The average molecular weight is 310 g/mol. The zero-order valence-electron chi connectivity index (χ0n) is 6.11. The van der Waals surface area contributed by atoms with Gasteiger partial charge in [0.15, 0.2) is 5.06 Å². The fourth-order valence-corrected chi connectivity index (χ4v) is 2.35. The molecule has 0 aliphatic rings. The van der Waals surface area contributed by atoms with Gasteiger partial charge in [-0.2, -0.15) is 11.3 Å². The minimum Gasteiger partial charge on any atom is -0.499 e. The van der Waals surface area contributed by atoms with Crippen molar-refractivity contribution in [1.29, 1.82) is 0 Å². The van der Waals surface area contributed by atoms with Crippen LogP contribution in [0.2, 0.25) is 0 Å². The van der Waals surface area contributed by atoms with Gasteiger partial charge in [0.05, 0.1) is 0 Å². The van der Waals surface area contributed by atoms with E-state index < -0.39 is 0 Å². The van der Waals surface area contributed by atoms with Crippen LogP contribution in [0.4, 0.5) is 0 Å². The van der Waals surface area contributed by atoms with Gasteiger partial charge >= 0.3 is 0 Å². The first kappa shape index (κ1) is 10.0. The van der Waals surface area contributed by atoms with Crippen molar-refractivity contribution in [1.82, 2.24) is 0 Å². The van der Waals surface area contributed by atoms with Crippen LogP contribution >= 0.6 is 45.3 Å². The quantitative estimate of drug-likeness (QED) is 0.734. The van der Waals surface area contributed by atoms with Crippen LogP contribution in [0.25, 0.3) is 0 Å². The summed E-state index contributed by atoms with van der Waals surface area (Å²) in [6.45, 7) is 0. The van der Waals surface area contributed by atoms with Crippen LogP contribution in [-0.2, 0) is 0 Å². The van der Waals surface area contributed by atoms with Crippen molar-refractivity contribution >= 4 is 45.3 Å². The van der Waals surface area contributed by atoms with Gasteiger partial charge in [0, 0.05) is 8.95 Å². The number of aromatic hydroxyl groups is 1. The zero-order chi connectivity index (χ0) is 8.81. The second kappa shape index (κ2) is 5.55. The molecule has 0 radical (unpaired) electrons. The minimum atomic E-state index is 0.384. The summed E-state index contributed by atoms with van der Waals surface area (Å²) in [4.78, 5) is 0. The molecule has 0 spiro atoms. The van der Waals surface area contributed by atoms with Crippen molar-refractivity contribution < 1.29 is 5.11 Å². The van der Waals surface area contributed by atoms with E-state index in [4.69, 9.17) is 5.11 Å². The average Bonchev–Trinajstić information content (AvgIpc) is 2.63. The van der Waals surface area contributed by atoms with Crippen LogP contribution in [0, 0.1) is 3.57 Å². The molecule has 64 valence electrons. The van der Waals surface area contributed by atoms with Crippen LogP contribution < -0.4 is 0 Å². The lowest BCUT2D eigenvalue weighted by molar-refractivity contribution is 0.491. The Bertz CT molecular complexity index is 256. The highest BCUT2D eigenvalue weighted by Crippen LogP contribution is 2.14. The van der Waals surface area contributed by atoms with E-state index in [1.165, 1.54) is 14.9 Å². The Balaban J connectivity index is 0.000000120. The largest absolute Gasteiger partial charge is 0.499 e. The Morgan fingerprint density at radius 2 is 2.08 bits per heavy atom. The topological polar surface area (TPSA) is 20.2 Å². The Morgan fingerprint density at radius 1 is 1.25 bits per heavy atom. The molecular formula is C8H7IOS2. The normalized spacial score (nSPS) is 8.75. The molecule has 0 amide bonds. The van der Waals surface area contributed by atoms with Crippen LogP contribution in [-0.4, -0.2) is 5.11 Å². The fraction of sp³-hybridized carbons (Fsp3) is 0. The fourth-order valence-electron chi connectivity index (χ4n) is 0.518. The molecule has 0 bridgehead atoms. The van der Waals surface area contributed by atoms with Crippen LogP contribution in [0.3, 0.4) is 0 Å². The molecule has 1 nitrogen and oxygen atoms in total. The SMILES string of the molecule is Ic1ccsc1.Oc1cccs1. The van der Waals surface area contributed by atoms with Crippen LogP contribution in [0.1, 0.15) is 0 Å². The van der Waals surface area contributed by atoms with Crippen molar-refractivity contribution in [2.24, 2.45) is 0 Å². The van der Waals surface area contributed by atoms with Crippen molar-refractivity contribution in [3.63, 3.8) is 0 Å². The number of thiophene rings is 2. The van der Waals surface area contributed by atoms with E-state index in [1.807, 2.05) is 5.38 Å². The molecule has 0 aromatic carbocycles. The maximum absolute atomic E-state index is 8.49. The van der Waals surface area contributed by atoms with Gasteiger partial charge in [-0.25, -0.2) is 0 Å². The van der Waals surface area contributed by atoms with Crippen LogP contribution in [0.5, 0.6) is 5.06 Å². The minimum absolute atomic E-state index is 0.384. The van der Waals surface area contributed by atoms with Gasteiger partial charge in [0.25, 0.3) is 0 Å². The van der Waals surface area contributed by atoms with Gasteiger partial charge < -0.3 is 5.11 Å². The standard InChI is InChI=1S/C4H3IS.C4H4OS/c5-4-1-2-6-3-4;5-4-2-1-3-6-4/h1-3H;1-3,5H. The number of rotatable bonds is 0. The molecule has 0 fully saturated rings. The van der Waals surface area contributed by atoms with Crippen molar-refractivity contribution in [2.75, 3.05) is 0 Å². The van der Waals surface area contributed by atoms with Gasteiger partial charge in [-0.3, -0.25) is 0 Å². The maximum Gasteiger partial charge on any atom is 0.171 e. The zero-order valence-corrected chi connectivity index (χ0v) is 9.90. The van der Waals surface area contributed by atoms with E-state index >= 15 is 0 Å². The Morgan fingerprint density at radius 3 is 2.25 bits per heavy atom. The third-order valence-corrected chi connectivity index (χ3v) is 3.44. The van der Waals surface area contributed by atoms with Gasteiger partial charge in [-0.1, -0.05) is 0 Å². The maximum atomic E-state index is 8.49. The third-order valence-electron chi connectivity index (χ3n) is 0.993. The summed E-state index contributed by atoms with van der Waals surface area (Å²) in [5.41, 5.74) is 0. The van der Waals surface area contributed by atoms with E-state index in [2.05, 4.69) is 39.4 Å². The number of hydrogen-bond donors (Lipinski definition) is 1. The van der Waals surface area contributed by atoms with Gasteiger partial charge in [-0.15, -0.1) is 11.3 Å². The first-order valence-electron chi connectivity index (χ1n) is 3.19. The highest BCUT2D eigenvalue weighted by Gasteiger charge is 1.78. The molecule has 0 aliphatic carbocycles. The Kier molecular flexibility index (Phi) is 4.63. The summed E-state index contributed by atoms with van der Waals surface area (Å²) in [5, 5.41) is 14.9. The molecule has 0 saturated heterocycles. The predicted octanol–water partition coefficient (Wildman–Crippen LogP) is 3.81. The van der Waals surface area contributed by atoms with Gasteiger partial charge in [0.2, 0.25) is 0 Å². The lowest BCUT2D eigenvalue weighted by Gasteiger charge is -1.67. The summed E-state index contributed by atoms with van der Waals surface area (Å²) in [5.74, 6) is 0. The summed E-state index contributed by atoms with van der Waals surface area (Å²) in [7, 11) is 0. The molecule has 2 heterocycles. The molecule has 4 heteroatoms. The first-order valence-corrected chi connectivity index (χ1v) is 6.09. The molecule has 0 aliphatic heterocycles. The number of hydrogen-bond acceptors (Lipinski definition) is 3. The van der Waals surface area contributed by atoms with Crippen molar-refractivity contribution in [3.8, 4) is 5.06 Å². The highest BCUT2D eigenvalue weighted by atomic mass is 127. The molecule has 2 aromatic heterocycles. The van der Waals surface area contributed by atoms with Crippen molar-refractivity contribution in [2.45, 2.75) is 0 Å². The van der Waals surface area contributed by atoms with E-state index in [0.29, 0.717) is 5.06 Å². The summed E-state index contributed by atoms with van der Waals surface area (Å²) < 4.78 is 1.33.